The molecule has 2 N–H and O–H groups in total. The number of benzene rings is 1. The number of nitrogens with one attached hydrogen (secondary N) is 2. The number of carbonyl (C=O) groups is 2. The molecule has 2 rings (SSSR count). The first-order chi connectivity index (χ1) is 14.2. The average Bonchev–Trinajstić information content (AvgIpc) is 3.10. The number of rotatable bonds is 11. The zero-order valence-corrected chi connectivity index (χ0v) is 18.5. The van der Waals surface area contributed by atoms with Gasteiger partial charge in [0.25, 0.3) is 0 Å². The molecule has 0 radical (unpaired) electrons. The fraction of sp³-hybridized carbons (Fsp3) is 0.545. The van der Waals surface area contributed by atoms with E-state index >= 15 is 0 Å². The molecule has 8 nitrogen and oxygen atoms in total. The molecule has 0 atom stereocenters. The minimum atomic E-state index is -0.444. The Morgan fingerprint density at radius 3 is 2.57 bits per heavy atom. The summed E-state index contributed by atoms with van der Waals surface area (Å²) in [6.07, 6.45) is -0.444. The van der Waals surface area contributed by atoms with Gasteiger partial charge in [-0.3, -0.25) is 4.79 Å². The second-order valence-electron chi connectivity index (χ2n) is 8.22. The molecule has 0 saturated heterocycles. The molecule has 30 heavy (non-hydrogen) atoms. The smallest absolute Gasteiger partial charge is 0.407 e. The number of Topliss-reactive ketones (excluding diaryl/α,β-unsaturated/α-hetero) is 1. The predicted octanol–water partition coefficient (Wildman–Crippen LogP) is 3.08. The molecule has 0 aliphatic carbocycles. The summed E-state index contributed by atoms with van der Waals surface area (Å²) in [6, 6.07) is 7.62. The number of nitrogens with zero attached hydrogens (tertiary/aromatic N) is 1. The minimum Gasteiger partial charge on any atom is -0.492 e. The van der Waals surface area contributed by atoms with Gasteiger partial charge in [-0.05, 0) is 31.3 Å². The van der Waals surface area contributed by atoms with Crippen molar-refractivity contribution in [3.63, 3.8) is 0 Å². The maximum atomic E-state index is 12.5. The summed E-state index contributed by atoms with van der Waals surface area (Å²) in [4.78, 5) is 29.1. The molecule has 0 fully saturated rings. The number of carbonyl (C=O) groups excluding carboxylic acids is 2. The molecule has 1 aromatic heterocycles. The van der Waals surface area contributed by atoms with Crippen molar-refractivity contribution < 1.29 is 23.8 Å². The van der Waals surface area contributed by atoms with Gasteiger partial charge >= 0.3 is 6.09 Å². The Hall–Kier alpha value is -2.58. The normalized spacial score (nSPS) is 11.7. The van der Waals surface area contributed by atoms with Crippen LogP contribution >= 0.6 is 0 Å². The predicted molar refractivity (Wildman–Crippen MR) is 116 cm³/mol. The highest BCUT2D eigenvalue weighted by Crippen LogP contribution is 2.26. The molecule has 0 bridgehead atoms. The third kappa shape index (κ3) is 7.35. The van der Waals surface area contributed by atoms with Gasteiger partial charge in [-0.2, -0.15) is 0 Å². The Kier molecular flexibility index (Phi) is 8.68. The zero-order valence-electron chi connectivity index (χ0n) is 18.5. The van der Waals surface area contributed by atoms with Gasteiger partial charge in [0, 0.05) is 43.1 Å². The monoisotopic (exact) mass is 419 g/mol. The van der Waals surface area contributed by atoms with E-state index in [4.69, 9.17) is 14.2 Å². The standard InChI is InChI=1S/C22H33N3O5/c1-22(2,3)20(26)19-15-16-14-17(6-7-18(16)24-19)29-11-10-25(4)9-8-23-21(27)30-13-12-28-5/h6-7,14-15,24H,8-13H2,1-5H3,(H,23,27). The molecule has 1 amide bonds. The van der Waals surface area contributed by atoms with Gasteiger partial charge in [0.15, 0.2) is 5.78 Å². The van der Waals surface area contributed by atoms with Gasteiger partial charge in [0.1, 0.15) is 19.0 Å². The minimum absolute atomic E-state index is 0.0824. The van der Waals surface area contributed by atoms with E-state index in [1.54, 1.807) is 7.11 Å². The zero-order chi connectivity index (χ0) is 22.1. The van der Waals surface area contributed by atoms with Crippen LogP contribution in [0.25, 0.3) is 10.9 Å². The summed E-state index contributed by atoms with van der Waals surface area (Å²) < 4.78 is 15.6. The summed E-state index contributed by atoms with van der Waals surface area (Å²) in [7, 11) is 3.51. The lowest BCUT2D eigenvalue weighted by molar-refractivity contribution is 0.0853. The summed E-state index contributed by atoms with van der Waals surface area (Å²) >= 11 is 0. The van der Waals surface area contributed by atoms with E-state index in [2.05, 4.69) is 15.2 Å². The molecule has 0 saturated carbocycles. The SMILES string of the molecule is COCCOC(=O)NCCN(C)CCOc1ccc2[nH]c(C(=O)C(C)(C)C)cc2c1. The van der Waals surface area contributed by atoms with Crippen LogP contribution in [-0.4, -0.2) is 75.4 Å². The van der Waals surface area contributed by atoms with Crippen LogP contribution in [-0.2, 0) is 9.47 Å². The van der Waals surface area contributed by atoms with Crippen molar-refractivity contribution in [3.8, 4) is 5.75 Å². The van der Waals surface area contributed by atoms with Gasteiger partial charge < -0.3 is 29.4 Å². The van der Waals surface area contributed by atoms with Crippen molar-refractivity contribution in [3.05, 3.63) is 30.0 Å². The number of aromatic nitrogens is 1. The number of ether oxygens (including phenoxy) is 3. The van der Waals surface area contributed by atoms with Crippen molar-refractivity contribution >= 4 is 22.8 Å². The molecule has 1 aromatic carbocycles. The fourth-order valence-corrected chi connectivity index (χ4v) is 2.78. The molecular formula is C22H33N3O5. The van der Waals surface area contributed by atoms with E-state index < -0.39 is 11.5 Å². The first kappa shape index (κ1) is 23.7. The Morgan fingerprint density at radius 2 is 1.87 bits per heavy atom. The lowest BCUT2D eigenvalue weighted by atomic mass is 9.89. The molecule has 2 aromatic rings. The number of likely N-dealkylation sites (N-methyl/N-ethyl adjacent to an activating group) is 1. The summed E-state index contributed by atoms with van der Waals surface area (Å²) in [5.74, 6) is 0.837. The molecule has 1 heterocycles. The molecule has 0 unspecified atom stereocenters. The highest BCUT2D eigenvalue weighted by Gasteiger charge is 2.24. The van der Waals surface area contributed by atoms with E-state index in [1.807, 2.05) is 52.1 Å². The Morgan fingerprint density at radius 1 is 1.10 bits per heavy atom. The van der Waals surface area contributed by atoms with E-state index in [1.165, 1.54) is 0 Å². The molecule has 166 valence electrons. The quantitative estimate of drug-likeness (QED) is 0.430. The molecule has 0 aliphatic rings. The van der Waals surface area contributed by atoms with Crippen LogP contribution in [0.3, 0.4) is 0 Å². The van der Waals surface area contributed by atoms with Gasteiger partial charge in [0.05, 0.1) is 12.3 Å². The van der Waals surface area contributed by atoms with Gasteiger partial charge in [-0.1, -0.05) is 20.8 Å². The van der Waals surface area contributed by atoms with Gasteiger partial charge in [0.2, 0.25) is 0 Å². The number of amides is 1. The molecular weight excluding hydrogens is 386 g/mol. The van der Waals surface area contributed by atoms with Crippen LogP contribution in [0.15, 0.2) is 24.3 Å². The number of alkyl carbamates (subject to hydrolysis) is 1. The maximum Gasteiger partial charge on any atom is 0.407 e. The fourth-order valence-electron chi connectivity index (χ4n) is 2.78. The number of hydrogen-bond donors (Lipinski definition) is 2. The van der Waals surface area contributed by atoms with E-state index in [0.717, 1.165) is 16.7 Å². The van der Waals surface area contributed by atoms with Crippen LogP contribution in [0.2, 0.25) is 0 Å². The van der Waals surface area contributed by atoms with Crippen molar-refractivity contribution in [2.45, 2.75) is 20.8 Å². The highest BCUT2D eigenvalue weighted by molar-refractivity contribution is 6.02. The van der Waals surface area contributed by atoms with Crippen molar-refractivity contribution in [1.82, 2.24) is 15.2 Å². The van der Waals surface area contributed by atoms with Crippen LogP contribution in [0.5, 0.6) is 5.75 Å². The Bertz CT molecular complexity index is 841. The van der Waals surface area contributed by atoms with Crippen molar-refractivity contribution in [2.24, 2.45) is 5.41 Å². The first-order valence-corrected chi connectivity index (χ1v) is 10.1. The number of ketones is 1. The third-order valence-corrected chi connectivity index (χ3v) is 4.54. The second-order valence-corrected chi connectivity index (χ2v) is 8.22. The van der Waals surface area contributed by atoms with E-state index in [9.17, 15) is 9.59 Å². The number of methoxy groups -OCH3 is 1. The Balaban J connectivity index is 1.75. The summed E-state index contributed by atoms with van der Waals surface area (Å²) in [5.41, 5.74) is 1.10. The number of H-pyrrole nitrogens is 1. The van der Waals surface area contributed by atoms with E-state index in [-0.39, 0.29) is 12.4 Å². The molecule has 0 spiro atoms. The van der Waals surface area contributed by atoms with Gasteiger partial charge in [-0.15, -0.1) is 0 Å². The van der Waals surface area contributed by atoms with Crippen LogP contribution < -0.4 is 10.1 Å². The Labute approximate surface area is 177 Å². The maximum absolute atomic E-state index is 12.5. The van der Waals surface area contributed by atoms with Gasteiger partial charge in [-0.25, -0.2) is 4.79 Å². The first-order valence-electron chi connectivity index (χ1n) is 10.1. The number of fused-ring (bicyclic) bond motifs is 1. The number of hydrogen-bond acceptors (Lipinski definition) is 6. The lowest BCUT2D eigenvalue weighted by Gasteiger charge is -2.17. The topological polar surface area (TPSA) is 92.9 Å². The largest absolute Gasteiger partial charge is 0.492 e. The van der Waals surface area contributed by atoms with E-state index in [0.29, 0.717) is 38.5 Å². The molecule has 0 aliphatic heterocycles. The molecule has 8 heteroatoms. The van der Waals surface area contributed by atoms with Crippen LogP contribution in [0.1, 0.15) is 31.3 Å². The second kappa shape index (κ2) is 11.0. The summed E-state index contributed by atoms with van der Waals surface area (Å²) in [6.45, 7) is 8.73. The van der Waals surface area contributed by atoms with Crippen molar-refractivity contribution in [2.75, 3.05) is 53.6 Å². The van der Waals surface area contributed by atoms with Crippen LogP contribution in [0, 0.1) is 5.41 Å². The van der Waals surface area contributed by atoms with Crippen molar-refractivity contribution in [1.29, 1.82) is 0 Å². The number of aromatic amines is 1. The third-order valence-electron chi connectivity index (χ3n) is 4.54. The highest BCUT2D eigenvalue weighted by atomic mass is 16.6. The summed E-state index contributed by atoms with van der Waals surface area (Å²) in [5, 5.41) is 3.64. The lowest BCUT2D eigenvalue weighted by Crippen LogP contribution is -2.35. The average molecular weight is 420 g/mol. The van der Waals surface area contributed by atoms with Crippen LogP contribution in [0.4, 0.5) is 4.79 Å².